The van der Waals surface area contributed by atoms with Crippen LogP contribution in [-0.4, -0.2) is 23.0 Å². The summed E-state index contributed by atoms with van der Waals surface area (Å²) in [4.78, 5) is 23.7. The van der Waals surface area contributed by atoms with Crippen molar-refractivity contribution in [2.45, 2.75) is 12.5 Å². The van der Waals surface area contributed by atoms with Gasteiger partial charge in [-0.1, -0.05) is 30.3 Å². The fraction of sp³-hybridized carbons (Fsp3) is 0.143. The maximum atomic E-state index is 12.0. The minimum atomic E-state index is -1.04. The van der Waals surface area contributed by atoms with Crippen molar-refractivity contribution in [3.05, 3.63) is 56.7 Å². The molecule has 0 aliphatic carbocycles. The fourth-order valence-corrected chi connectivity index (χ4v) is 3.00. The maximum Gasteiger partial charge on any atom is 0.326 e. The molecule has 1 aromatic carbocycles. The van der Waals surface area contributed by atoms with Crippen molar-refractivity contribution in [1.82, 2.24) is 5.32 Å². The first kappa shape index (κ1) is 14.7. The predicted molar refractivity (Wildman–Crippen MR) is 81.1 cm³/mol. The molecule has 2 aromatic rings. The lowest BCUT2D eigenvalue weighted by Gasteiger charge is -2.14. The van der Waals surface area contributed by atoms with E-state index in [0.717, 1.165) is 9.35 Å². The summed E-state index contributed by atoms with van der Waals surface area (Å²) in [5.41, 5.74) is 0.868. The molecule has 0 bridgehead atoms. The van der Waals surface area contributed by atoms with E-state index in [-0.39, 0.29) is 12.3 Å². The number of hydrogen-bond acceptors (Lipinski definition) is 3. The van der Waals surface area contributed by atoms with E-state index in [1.165, 1.54) is 11.3 Å². The number of carbonyl (C=O) groups is 2. The molecule has 1 atom stereocenters. The second-order valence-electron chi connectivity index (χ2n) is 4.16. The number of amides is 1. The minimum absolute atomic E-state index is 0.258. The number of rotatable bonds is 5. The first-order chi connectivity index (χ1) is 9.56. The Morgan fingerprint density at radius 2 is 1.90 bits per heavy atom. The van der Waals surface area contributed by atoms with Crippen molar-refractivity contribution >= 4 is 39.1 Å². The number of hydrogen-bond donors (Lipinski definition) is 2. The summed E-state index contributed by atoms with van der Waals surface area (Å²) in [6.07, 6.45) is 0.258. The van der Waals surface area contributed by atoms with E-state index in [1.54, 1.807) is 12.1 Å². The largest absolute Gasteiger partial charge is 0.480 e. The summed E-state index contributed by atoms with van der Waals surface area (Å²) in [5, 5.41) is 11.8. The summed E-state index contributed by atoms with van der Waals surface area (Å²) in [6.45, 7) is 0. The average molecular weight is 354 g/mol. The normalized spacial score (nSPS) is 11.8. The molecule has 0 spiro atoms. The van der Waals surface area contributed by atoms with Gasteiger partial charge in [-0.2, -0.15) is 0 Å². The van der Waals surface area contributed by atoms with Crippen LogP contribution in [-0.2, 0) is 11.2 Å². The Bertz CT molecular complexity index is 612. The smallest absolute Gasteiger partial charge is 0.326 e. The molecule has 20 heavy (non-hydrogen) atoms. The Morgan fingerprint density at radius 3 is 2.45 bits per heavy atom. The summed E-state index contributed by atoms with van der Waals surface area (Å²) in [6, 6.07) is 11.7. The standard InChI is InChI=1S/C14H12BrNO3S/c15-12-7-6-11(20-12)13(17)16-10(14(18)19)8-9-4-2-1-3-5-9/h1-7,10H,8H2,(H,16,17)(H,18,19)/t10-/m0/s1. The molecule has 0 fully saturated rings. The van der Waals surface area contributed by atoms with Gasteiger partial charge >= 0.3 is 5.97 Å². The van der Waals surface area contributed by atoms with Gasteiger partial charge in [0.25, 0.3) is 5.91 Å². The van der Waals surface area contributed by atoms with Crippen molar-refractivity contribution in [2.75, 3.05) is 0 Å². The van der Waals surface area contributed by atoms with Crippen molar-refractivity contribution < 1.29 is 14.7 Å². The molecule has 1 amide bonds. The number of carboxylic acid groups (broad SMARTS) is 1. The van der Waals surface area contributed by atoms with Crippen LogP contribution in [0.1, 0.15) is 15.2 Å². The molecule has 2 rings (SSSR count). The van der Waals surface area contributed by atoms with Crippen LogP contribution in [0, 0.1) is 0 Å². The summed E-state index contributed by atoms with van der Waals surface area (Å²) >= 11 is 4.54. The molecule has 2 N–H and O–H groups in total. The van der Waals surface area contributed by atoms with Gasteiger partial charge in [0, 0.05) is 6.42 Å². The van der Waals surface area contributed by atoms with Crippen molar-refractivity contribution in [3.8, 4) is 0 Å². The predicted octanol–water partition coefficient (Wildman–Crippen LogP) is 2.94. The third-order valence-electron chi connectivity index (χ3n) is 2.68. The molecule has 104 valence electrons. The molecule has 0 aliphatic rings. The summed E-state index contributed by atoms with van der Waals surface area (Å²) in [5.74, 6) is -1.41. The van der Waals surface area contributed by atoms with Crippen molar-refractivity contribution in [3.63, 3.8) is 0 Å². The zero-order valence-corrected chi connectivity index (χ0v) is 12.8. The third kappa shape index (κ3) is 3.91. The van der Waals surface area contributed by atoms with Crippen LogP contribution in [0.2, 0.25) is 0 Å². The van der Waals surface area contributed by atoms with Gasteiger partial charge < -0.3 is 10.4 Å². The van der Waals surface area contributed by atoms with E-state index in [1.807, 2.05) is 30.3 Å². The minimum Gasteiger partial charge on any atom is -0.480 e. The molecule has 4 nitrogen and oxygen atoms in total. The van der Waals surface area contributed by atoms with Crippen molar-refractivity contribution in [1.29, 1.82) is 0 Å². The molecule has 6 heteroatoms. The Morgan fingerprint density at radius 1 is 1.20 bits per heavy atom. The first-order valence-corrected chi connectivity index (χ1v) is 7.50. The second kappa shape index (κ2) is 6.67. The molecule has 1 heterocycles. The first-order valence-electron chi connectivity index (χ1n) is 5.89. The van der Waals surface area contributed by atoms with E-state index >= 15 is 0 Å². The zero-order chi connectivity index (χ0) is 14.5. The van der Waals surface area contributed by atoms with Gasteiger partial charge in [-0.25, -0.2) is 4.79 Å². The lowest BCUT2D eigenvalue weighted by atomic mass is 10.1. The molecule has 0 radical (unpaired) electrons. The van der Waals surface area contributed by atoms with Crippen LogP contribution in [0.25, 0.3) is 0 Å². The zero-order valence-electron chi connectivity index (χ0n) is 10.4. The van der Waals surface area contributed by atoms with Gasteiger partial charge in [0.05, 0.1) is 8.66 Å². The van der Waals surface area contributed by atoms with Gasteiger partial charge in [0.2, 0.25) is 0 Å². The van der Waals surface area contributed by atoms with Crippen LogP contribution in [0.3, 0.4) is 0 Å². The number of benzene rings is 1. The highest BCUT2D eigenvalue weighted by atomic mass is 79.9. The quantitative estimate of drug-likeness (QED) is 0.868. The molecule has 1 aromatic heterocycles. The Balaban J connectivity index is 2.06. The maximum absolute atomic E-state index is 12.0. The molecule has 0 aliphatic heterocycles. The van der Waals surface area contributed by atoms with Crippen molar-refractivity contribution in [2.24, 2.45) is 0 Å². The molecular formula is C14H12BrNO3S. The van der Waals surface area contributed by atoms with E-state index in [0.29, 0.717) is 4.88 Å². The van der Waals surface area contributed by atoms with E-state index in [4.69, 9.17) is 0 Å². The van der Waals surface area contributed by atoms with Gasteiger partial charge in [0.1, 0.15) is 6.04 Å². The van der Waals surface area contributed by atoms with E-state index in [2.05, 4.69) is 21.2 Å². The Labute approximate surface area is 128 Å². The van der Waals surface area contributed by atoms with E-state index in [9.17, 15) is 14.7 Å². The molecule has 0 saturated heterocycles. The summed E-state index contributed by atoms with van der Waals surface area (Å²) in [7, 11) is 0. The highest BCUT2D eigenvalue weighted by molar-refractivity contribution is 9.11. The van der Waals surface area contributed by atoms with Gasteiger partial charge in [-0.3, -0.25) is 4.79 Å². The lowest BCUT2D eigenvalue weighted by Crippen LogP contribution is -2.42. The fourth-order valence-electron chi connectivity index (χ4n) is 1.72. The van der Waals surface area contributed by atoms with Crippen LogP contribution >= 0.6 is 27.3 Å². The van der Waals surface area contributed by atoms with Crippen LogP contribution in [0.4, 0.5) is 0 Å². The van der Waals surface area contributed by atoms with Gasteiger partial charge in [-0.05, 0) is 33.6 Å². The SMILES string of the molecule is O=C(N[C@@H](Cc1ccccc1)C(=O)O)c1ccc(Br)s1. The van der Waals surface area contributed by atoms with Crippen LogP contribution in [0.5, 0.6) is 0 Å². The molecule has 0 unspecified atom stereocenters. The number of carboxylic acids is 1. The Kier molecular flexibility index (Phi) is 4.92. The van der Waals surface area contributed by atoms with Crippen LogP contribution < -0.4 is 5.32 Å². The average Bonchev–Trinajstić information content (AvgIpc) is 2.86. The van der Waals surface area contributed by atoms with E-state index < -0.39 is 12.0 Å². The summed E-state index contributed by atoms with van der Waals surface area (Å²) < 4.78 is 0.831. The highest BCUT2D eigenvalue weighted by Crippen LogP contribution is 2.22. The lowest BCUT2D eigenvalue weighted by molar-refractivity contribution is -0.139. The molecular weight excluding hydrogens is 342 g/mol. The van der Waals surface area contributed by atoms with Gasteiger partial charge in [-0.15, -0.1) is 11.3 Å². The molecule has 0 saturated carbocycles. The number of thiophene rings is 1. The van der Waals surface area contributed by atoms with Gasteiger partial charge in [0.15, 0.2) is 0 Å². The Hall–Kier alpha value is -1.66. The third-order valence-corrected chi connectivity index (χ3v) is 4.31. The van der Waals surface area contributed by atoms with Crippen LogP contribution in [0.15, 0.2) is 46.3 Å². The number of carbonyl (C=O) groups excluding carboxylic acids is 1. The monoisotopic (exact) mass is 353 g/mol. The number of nitrogens with one attached hydrogen (secondary N) is 1. The number of aliphatic carboxylic acids is 1. The highest BCUT2D eigenvalue weighted by Gasteiger charge is 2.21. The topological polar surface area (TPSA) is 66.4 Å². The second-order valence-corrected chi connectivity index (χ2v) is 6.62. The number of halogens is 1.